The monoisotopic (exact) mass is 374 g/mol. The van der Waals surface area contributed by atoms with E-state index >= 15 is 0 Å². The molecule has 0 atom stereocenters. The van der Waals surface area contributed by atoms with Gasteiger partial charge in [0, 0.05) is 33.8 Å². The van der Waals surface area contributed by atoms with Crippen LogP contribution in [0.4, 0.5) is 5.69 Å². The minimum atomic E-state index is -0.194. The van der Waals surface area contributed by atoms with Gasteiger partial charge in [0.25, 0.3) is 0 Å². The summed E-state index contributed by atoms with van der Waals surface area (Å²) in [6.07, 6.45) is 0.867. The second-order valence-corrected chi connectivity index (χ2v) is 6.42. The maximum atomic E-state index is 12.9. The highest BCUT2D eigenvalue weighted by Gasteiger charge is 2.20. The minimum absolute atomic E-state index is 0.182. The molecule has 0 bridgehead atoms. The van der Waals surface area contributed by atoms with Crippen molar-refractivity contribution in [3.8, 4) is 0 Å². The zero-order chi connectivity index (χ0) is 17.8. The average molecular weight is 375 g/mol. The number of amides is 1. The fourth-order valence-corrected chi connectivity index (χ4v) is 2.94. The minimum Gasteiger partial charge on any atom is -0.350 e. The molecule has 0 saturated heterocycles. The van der Waals surface area contributed by atoms with Crippen molar-refractivity contribution in [2.45, 2.75) is 12.8 Å². The van der Waals surface area contributed by atoms with E-state index in [-0.39, 0.29) is 11.7 Å². The number of carbonyl (C=O) groups excluding carboxylic acids is 2. The van der Waals surface area contributed by atoms with Crippen molar-refractivity contribution in [1.82, 2.24) is 4.98 Å². The van der Waals surface area contributed by atoms with Crippen LogP contribution >= 0.6 is 23.2 Å². The van der Waals surface area contributed by atoms with Crippen LogP contribution in [0.1, 0.15) is 28.9 Å². The lowest BCUT2D eigenvalue weighted by Gasteiger charge is -2.07. The SMILES string of the molecule is O=C(CCCCl)Nc1c(C(=O)c2ccccc2)[nH]c2cc(Cl)ccc12. The van der Waals surface area contributed by atoms with Crippen molar-refractivity contribution in [3.05, 3.63) is 64.8 Å². The zero-order valence-corrected chi connectivity index (χ0v) is 14.8. The first-order valence-corrected chi connectivity index (χ1v) is 8.78. The molecule has 0 unspecified atom stereocenters. The van der Waals surface area contributed by atoms with Gasteiger partial charge in [-0.2, -0.15) is 0 Å². The molecule has 3 aromatic rings. The predicted octanol–water partition coefficient (Wildman–Crippen LogP) is 5.01. The fraction of sp³-hybridized carbons (Fsp3) is 0.158. The smallest absolute Gasteiger partial charge is 0.224 e. The number of rotatable bonds is 6. The summed E-state index contributed by atoms with van der Waals surface area (Å²) in [5.41, 5.74) is 2.04. The lowest BCUT2D eigenvalue weighted by atomic mass is 10.1. The average Bonchev–Trinajstić information content (AvgIpc) is 2.97. The molecule has 128 valence electrons. The van der Waals surface area contributed by atoms with Gasteiger partial charge >= 0.3 is 0 Å². The second-order valence-electron chi connectivity index (χ2n) is 5.60. The number of halogens is 2. The lowest BCUT2D eigenvalue weighted by molar-refractivity contribution is -0.116. The Labute approximate surface area is 155 Å². The molecule has 2 N–H and O–H groups in total. The topological polar surface area (TPSA) is 62.0 Å². The van der Waals surface area contributed by atoms with Crippen LogP contribution in [0.2, 0.25) is 5.02 Å². The first kappa shape index (κ1) is 17.5. The fourth-order valence-electron chi connectivity index (χ4n) is 2.63. The summed E-state index contributed by atoms with van der Waals surface area (Å²) in [4.78, 5) is 28.1. The van der Waals surface area contributed by atoms with E-state index in [1.165, 1.54) is 0 Å². The van der Waals surface area contributed by atoms with E-state index in [9.17, 15) is 9.59 Å². The van der Waals surface area contributed by atoms with E-state index in [0.717, 1.165) is 5.39 Å². The molecular formula is C19H16Cl2N2O2. The highest BCUT2D eigenvalue weighted by molar-refractivity contribution is 6.31. The molecule has 1 amide bonds. The van der Waals surface area contributed by atoms with Gasteiger partial charge in [-0.1, -0.05) is 41.9 Å². The number of fused-ring (bicyclic) bond motifs is 1. The summed E-state index contributed by atoms with van der Waals surface area (Å²) >= 11 is 11.7. The van der Waals surface area contributed by atoms with E-state index in [4.69, 9.17) is 23.2 Å². The largest absolute Gasteiger partial charge is 0.350 e. The van der Waals surface area contributed by atoms with Gasteiger partial charge in [0.2, 0.25) is 11.7 Å². The van der Waals surface area contributed by atoms with Gasteiger partial charge in [-0.05, 0) is 24.6 Å². The highest BCUT2D eigenvalue weighted by atomic mass is 35.5. The molecule has 0 fully saturated rings. The maximum absolute atomic E-state index is 12.9. The van der Waals surface area contributed by atoms with Crippen LogP contribution in [-0.4, -0.2) is 22.6 Å². The molecule has 2 aromatic carbocycles. The highest BCUT2D eigenvalue weighted by Crippen LogP contribution is 2.31. The molecule has 4 nitrogen and oxygen atoms in total. The van der Waals surface area contributed by atoms with Gasteiger partial charge in [0.15, 0.2) is 0 Å². The van der Waals surface area contributed by atoms with Crippen molar-refractivity contribution in [1.29, 1.82) is 0 Å². The number of aromatic amines is 1. The normalized spacial score (nSPS) is 10.8. The van der Waals surface area contributed by atoms with Crippen LogP contribution in [-0.2, 0) is 4.79 Å². The summed E-state index contributed by atoms with van der Waals surface area (Å²) in [5.74, 6) is 0.0337. The van der Waals surface area contributed by atoms with Crippen molar-refractivity contribution in [2.24, 2.45) is 0 Å². The molecule has 0 aliphatic rings. The van der Waals surface area contributed by atoms with Gasteiger partial charge in [0.05, 0.1) is 5.69 Å². The van der Waals surface area contributed by atoms with Crippen molar-refractivity contribution < 1.29 is 9.59 Å². The lowest BCUT2D eigenvalue weighted by Crippen LogP contribution is -2.14. The number of anilines is 1. The predicted molar refractivity (Wildman–Crippen MR) is 102 cm³/mol. The van der Waals surface area contributed by atoms with E-state index in [2.05, 4.69) is 10.3 Å². The summed E-state index contributed by atoms with van der Waals surface area (Å²) in [6, 6.07) is 14.1. The van der Waals surface area contributed by atoms with Crippen molar-refractivity contribution in [2.75, 3.05) is 11.2 Å². The summed E-state index contributed by atoms with van der Waals surface area (Å²) in [6.45, 7) is 0. The van der Waals surface area contributed by atoms with E-state index in [1.54, 1.807) is 42.5 Å². The number of hydrogen-bond donors (Lipinski definition) is 2. The van der Waals surface area contributed by atoms with Crippen LogP contribution in [0.3, 0.4) is 0 Å². The molecule has 3 rings (SSSR count). The molecule has 25 heavy (non-hydrogen) atoms. The number of nitrogens with one attached hydrogen (secondary N) is 2. The Morgan fingerprint density at radius 3 is 2.56 bits per heavy atom. The third-order valence-electron chi connectivity index (χ3n) is 3.83. The van der Waals surface area contributed by atoms with Gasteiger partial charge in [-0.25, -0.2) is 0 Å². The quantitative estimate of drug-likeness (QED) is 0.470. The molecule has 0 spiro atoms. The van der Waals surface area contributed by atoms with E-state index < -0.39 is 0 Å². The number of carbonyl (C=O) groups is 2. The Morgan fingerprint density at radius 1 is 1.08 bits per heavy atom. The number of H-pyrrole nitrogens is 1. The van der Waals surface area contributed by atoms with E-state index in [1.807, 2.05) is 6.07 Å². The van der Waals surface area contributed by atoms with Crippen LogP contribution in [0, 0.1) is 0 Å². The Morgan fingerprint density at radius 2 is 1.84 bits per heavy atom. The van der Waals surface area contributed by atoms with Gasteiger partial charge in [-0.3, -0.25) is 9.59 Å². The number of aromatic nitrogens is 1. The van der Waals surface area contributed by atoms with Crippen molar-refractivity contribution in [3.63, 3.8) is 0 Å². The Balaban J connectivity index is 2.05. The number of benzene rings is 2. The molecule has 6 heteroatoms. The van der Waals surface area contributed by atoms with Crippen LogP contribution in [0.15, 0.2) is 48.5 Å². The first-order valence-electron chi connectivity index (χ1n) is 7.87. The maximum Gasteiger partial charge on any atom is 0.224 e. The van der Waals surface area contributed by atoms with Gasteiger partial charge in [-0.15, -0.1) is 11.6 Å². The third-order valence-corrected chi connectivity index (χ3v) is 4.33. The summed E-state index contributed by atoms with van der Waals surface area (Å²) < 4.78 is 0. The Hall–Kier alpha value is -2.30. The van der Waals surface area contributed by atoms with Crippen molar-refractivity contribution >= 4 is 51.5 Å². The molecule has 0 aliphatic heterocycles. The summed E-state index contributed by atoms with van der Waals surface area (Å²) in [5, 5.41) is 4.13. The Bertz CT molecular complexity index is 920. The second kappa shape index (κ2) is 7.72. The molecule has 0 radical (unpaired) electrons. The van der Waals surface area contributed by atoms with E-state index in [0.29, 0.717) is 46.2 Å². The zero-order valence-electron chi connectivity index (χ0n) is 13.3. The molecule has 1 heterocycles. The van der Waals surface area contributed by atoms with Crippen LogP contribution in [0.25, 0.3) is 10.9 Å². The number of ketones is 1. The van der Waals surface area contributed by atoms with Crippen LogP contribution < -0.4 is 5.32 Å². The number of hydrogen-bond acceptors (Lipinski definition) is 2. The number of alkyl halides is 1. The Kier molecular flexibility index (Phi) is 5.41. The third kappa shape index (κ3) is 3.86. The van der Waals surface area contributed by atoms with Gasteiger partial charge < -0.3 is 10.3 Å². The standard InChI is InChI=1S/C19H16Cl2N2O2/c20-10-4-7-16(24)23-17-14-9-8-13(21)11-15(14)22-18(17)19(25)12-5-2-1-3-6-12/h1-3,5-6,8-9,11,22H,4,7,10H2,(H,23,24). The molecule has 0 saturated carbocycles. The molecule has 1 aromatic heterocycles. The van der Waals surface area contributed by atoms with Crippen LogP contribution in [0.5, 0.6) is 0 Å². The van der Waals surface area contributed by atoms with Gasteiger partial charge in [0.1, 0.15) is 5.69 Å². The summed E-state index contributed by atoms with van der Waals surface area (Å²) in [7, 11) is 0. The first-order chi connectivity index (χ1) is 12.1. The molecular weight excluding hydrogens is 359 g/mol. The molecule has 0 aliphatic carbocycles.